The molecule has 0 saturated heterocycles. The van der Waals surface area contributed by atoms with E-state index in [0.717, 1.165) is 49.7 Å². The number of hydrogen-bond acceptors (Lipinski definition) is 4. The van der Waals surface area contributed by atoms with Crippen molar-refractivity contribution >= 4 is 57.0 Å². The van der Waals surface area contributed by atoms with Crippen molar-refractivity contribution in [2.45, 2.75) is 0 Å². The zero-order chi connectivity index (χ0) is 37.6. The molecular formula is C51H36N3OP. The van der Waals surface area contributed by atoms with Gasteiger partial charge in [0.1, 0.15) is 5.75 Å². The molecule has 0 aliphatic heterocycles. The van der Waals surface area contributed by atoms with Crippen molar-refractivity contribution in [2.75, 3.05) is 13.8 Å². The summed E-state index contributed by atoms with van der Waals surface area (Å²) in [7, 11) is 2.38. The van der Waals surface area contributed by atoms with E-state index < -0.39 is 0 Å². The molecule has 5 heteroatoms. The summed E-state index contributed by atoms with van der Waals surface area (Å²) in [6.45, 7) is 2.26. The van der Waals surface area contributed by atoms with Gasteiger partial charge in [0.05, 0.1) is 7.11 Å². The van der Waals surface area contributed by atoms with E-state index in [4.69, 9.17) is 19.7 Å². The van der Waals surface area contributed by atoms with Gasteiger partial charge in [0.25, 0.3) is 0 Å². The predicted molar refractivity (Wildman–Crippen MR) is 237 cm³/mol. The van der Waals surface area contributed by atoms with Gasteiger partial charge in [-0.2, -0.15) is 0 Å². The van der Waals surface area contributed by atoms with Crippen LogP contribution in [0.15, 0.2) is 176 Å². The molecule has 1 aromatic heterocycles. The minimum absolute atomic E-state index is 0.590. The SMILES string of the molecule is COc1cc(-c2c(PC)cccc2-c2ccc(-c3nc(-c4ccccc4)nc(-c4ccccc4)n3)c3ccccc23)cc2c3ccccc3c3ccccc3c12. The fraction of sp³-hybridized carbons (Fsp3) is 0.0392. The summed E-state index contributed by atoms with van der Waals surface area (Å²) in [6.07, 6.45) is 0. The van der Waals surface area contributed by atoms with Crippen LogP contribution < -0.4 is 10.0 Å². The van der Waals surface area contributed by atoms with E-state index in [1.165, 1.54) is 43.4 Å². The molecule has 266 valence electrons. The molecule has 1 heterocycles. The zero-order valence-corrected chi connectivity index (χ0v) is 32.0. The molecule has 1 atom stereocenters. The van der Waals surface area contributed by atoms with Gasteiger partial charge in [0.2, 0.25) is 0 Å². The molecule has 0 fully saturated rings. The number of ether oxygens (including phenoxy) is 1. The van der Waals surface area contributed by atoms with E-state index >= 15 is 0 Å². The zero-order valence-electron chi connectivity index (χ0n) is 31.0. The number of benzene rings is 9. The van der Waals surface area contributed by atoms with E-state index in [-0.39, 0.29) is 0 Å². The van der Waals surface area contributed by atoms with E-state index in [0.29, 0.717) is 26.1 Å². The molecule has 1 unspecified atom stereocenters. The smallest absolute Gasteiger partial charge is 0.164 e. The van der Waals surface area contributed by atoms with Crippen LogP contribution in [0.3, 0.4) is 0 Å². The van der Waals surface area contributed by atoms with Gasteiger partial charge in [-0.1, -0.05) is 166 Å². The first-order valence-electron chi connectivity index (χ1n) is 18.8. The number of nitrogens with zero attached hydrogens (tertiary/aromatic N) is 3. The van der Waals surface area contributed by atoms with Crippen LogP contribution in [0.5, 0.6) is 5.75 Å². The molecule has 10 rings (SSSR count). The lowest BCUT2D eigenvalue weighted by Gasteiger charge is -2.20. The molecule has 9 aromatic carbocycles. The molecular weight excluding hydrogens is 702 g/mol. The van der Waals surface area contributed by atoms with Crippen LogP contribution in [0.2, 0.25) is 0 Å². The Hall–Kier alpha value is -6.74. The molecule has 0 amide bonds. The summed E-state index contributed by atoms with van der Waals surface area (Å²) in [6, 6.07) is 62.1. The van der Waals surface area contributed by atoms with Crippen molar-refractivity contribution in [1.29, 1.82) is 0 Å². The highest BCUT2D eigenvalue weighted by atomic mass is 31.1. The highest BCUT2D eigenvalue weighted by Gasteiger charge is 2.21. The lowest BCUT2D eigenvalue weighted by atomic mass is 9.87. The van der Waals surface area contributed by atoms with Crippen molar-refractivity contribution in [1.82, 2.24) is 15.0 Å². The van der Waals surface area contributed by atoms with Gasteiger partial charge in [0.15, 0.2) is 17.5 Å². The number of methoxy groups -OCH3 is 1. The Bertz CT molecular complexity index is 3050. The van der Waals surface area contributed by atoms with Crippen LogP contribution in [0.25, 0.3) is 99.5 Å². The number of rotatable bonds is 7. The molecule has 56 heavy (non-hydrogen) atoms. The van der Waals surface area contributed by atoms with Gasteiger partial charge < -0.3 is 4.74 Å². The topological polar surface area (TPSA) is 47.9 Å². The van der Waals surface area contributed by atoms with E-state index in [9.17, 15) is 0 Å². The lowest BCUT2D eigenvalue weighted by Crippen LogP contribution is -2.03. The molecule has 0 N–H and O–H groups in total. The molecule has 4 nitrogen and oxygen atoms in total. The largest absolute Gasteiger partial charge is 0.496 e. The van der Waals surface area contributed by atoms with Gasteiger partial charge in [-0.3, -0.25) is 0 Å². The summed E-state index contributed by atoms with van der Waals surface area (Å²) in [5, 5.41) is 10.7. The average molecular weight is 738 g/mol. The van der Waals surface area contributed by atoms with Crippen molar-refractivity contribution in [3.05, 3.63) is 176 Å². The van der Waals surface area contributed by atoms with Gasteiger partial charge in [0, 0.05) is 22.1 Å². The fourth-order valence-corrected chi connectivity index (χ4v) is 9.05. The summed E-state index contributed by atoms with van der Waals surface area (Å²) in [5.41, 5.74) is 7.55. The predicted octanol–water partition coefficient (Wildman–Crippen LogP) is 12.8. The Morgan fingerprint density at radius 3 is 1.50 bits per heavy atom. The van der Waals surface area contributed by atoms with Crippen LogP contribution in [0.1, 0.15) is 0 Å². The van der Waals surface area contributed by atoms with Crippen LogP contribution in [0, 0.1) is 0 Å². The maximum atomic E-state index is 6.27. The minimum atomic E-state index is 0.590. The lowest BCUT2D eigenvalue weighted by molar-refractivity contribution is 0.420. The first-order valence-corrected chi connectivity index (χ1v) is 20.3. The monoisotopic (exact) mass is 737 g/mol. The van der Waals surface area contributed by atoms with Crippen molar-refractivity contribution in [3.8, 4) is 62.2 Å². The fourth-order valence-electron chi connectivity index (χ4n) is 8.25. The molecule has 0 bridgehead atoms. The second-order valence-corrected chi connectivity index (χ2v) is 15.0. The van der Waals surface area contributed by atoms with Crippen molar-refractivity contribution in [2.24, 2.45) is 0 Å². The summed E-state index contributed by atoms with van der Waals surface area (Å²) >= 11 is 0. The third-order valence-electron chi connectivity index (χ3n) is 10.8. The normalized spacial score (nSPS) is 11.7. The Balaban J connectivity index is 1.21. The third-order valence-corrected chi connectivity index (χ3v) is 11.8. The average Bonchev–Trinajstić information content (AvgIpc) is 3.28. The number of fused-ring (bicyclic) bond motifs is 7. The van der Waals surface area contributed by atoms with E-state index in [1.54, 1.807) is 7.11 Å². The van der Waals surface area contributed by atoms with Crippen LogP contribution >= 0.6 is 8.58 Å². The van der Waals surface area contributed by atoms with Crippen LogP contribution in [0.4, 0.5) is 0 Å². The Labute approximate surface area is 327 Å². The van der Waals surface area contributed by atoms with Gasteiger partial charge in [-0.25, -0.2) is 15.0 Å². The third kappa shape index (κ3) is 5.70. The molecule has 0 saturated carbocycles. The maximum absolute atomic E-state index is 6.27. The highest BCUT2D eigenvalue weighted by Crippen LogP contribution is 2.45. The van der Waals surface area contributed by atoms with Crippen molar-refractivity contribution < 1.29 is 4.74 Å². The van der Waals surface area contributed by atoms with Crippen molar-refractivity contribution in [3.63, 3.8) is 0 Å². The second-order valence-electron chi connectivity index (χ2n) is 13.9. The minimum Gasteiger partial charge on any atom is -0.496 e. The quantitative estimate of drug-likeness (QED) is 0.121. The van der Waals surface area contributed by atoms with Crippen LogP contribution in [-0.2, 0) is 0 Å². The summed E-state index contributed by atoms with van der Waals surface area (Å²) in [4.78, 5) is 15.2. The first-order chi connectivity index (χ1) is 27.7. The molecule has 0 aliphatic carbocycles. The molecule has 0 radical (unpaired) electrons. The highest BCUT2D eigenvalue weighted by molar-refractivity contribution is 7.46. The summed E-state index contributed by atoms with van der Waals surface area (Å²) in [5.74, 6) is 2.81. The Kier molecular flexibility index (Phi) is 8.54. The number of aromatic nitrogens is 3. The maximum Gasteiger partial charge on any atom is 0.164 e. The first kappa shape index (κ1) is 33.8. The second kappa shape index (κ2) is 14.2. The van der Waals surface area contributed by atoms with E-state index in [1.807, 2.05) is 60.7 Å². The molecule has 0 spiro atoms. The molecule has 0 aliphatic rings. The Morgan fingerprint density at radius 1 is 0.393 bits per heavy atom. The number of hydrogen-bond donors (Lipinski definition) is 0. The van der Waals surface area contributed by atoms with Gasteiger partial charge in [-0.15, -0.1) is 0 Å². The van der Waals surface area contributed by atoms with E-state index in [2.05, 4.69) is 122 Å². The van der Waals surface area contributed by atoms with Crippen LogP contribution in [-0.4, -0.2) is 28.7 Å². The molecule has 10 aromatic rings. The van der Waals surface area contributed by atoms with Gasteiger partial charge in [-0.05, 0) is 90.1 Å². The van der Waals surface area contributed by atoms with Gasteiger partial charge >= 0.3 is 0 Å². The summed E-state index contributed by atoms with van der Waals surface area (Å²) < 4.78 is 6.27. The Morgan fingerprint density at radius 2 is 0.893 bits per heavy atom. The standard InChI is InChI=1S/C51H36N3OP/c1-55-45-31-34(30-44-39-24-12-10-20-35(39)37-22-13-14-25-42(37)48(44)45)47-41(26-15-27-46(47)56-2)40-28-29-43(38-23-11-9-21-36(38)40)51-53-49(32-16-5-3-6-17-32)52-50(54-51)33-18-7-4-8-19-33/h3-31,56H,1-2H3.